The van der Waals surface area contributed by atoms with Crippen molar-refractivity contribution in [1.29, 1.82) is 0 Å². The Morgan fingerprint density at radius 1 is 0.833 bits per heavy atom. The summed E-state index contributed by atoms with van der Waals surface area (Å²) in [4.78, 5) is 24.6. The summed E-state index contributed by atoms with van der Waals surface area (Å²) in [5.74, 6) is -0.0545. The molecule has 0 saturated carbocycles. The number of carbonyl (C=O) groups is 2. The molecule has 0 aliphatic heterocycles. The van der Waals surface area contributed by atoms with Gasteiger partial charge in [0.2, 0.25) is 5.91 Å². The Morgan fingerprint density at radius 2 is 1.39 bits per heavy atom. The van der Waals surface area contributed by atoms with Crippen molar-refractivity contribution in [3.63, 3.8) is 0 Å². The van der Waals surface area contributed by atoms with Gasteiger partial charge in [-0.15, -0.1) is 0 Å². The van der Waals surface area contributed by atoms with Crippen LogP contribution in [0.3, 0.4) is 0 Å². The fourth-order valence-corrected chi connectivity index (χ4v) is 3.64. The van der Waals surface area contributed by atoms with E-state index in [-0.39, 0.29) is 23.4 Å². The Morgan fingerprint density at radius 3 is 1.94 bits per heavy atom. The van der Waals surface area contributed by atoms with Crippen molar-refractivity contribution in [2.24, 2.45) is 5.92 Å². The van der Waals surface area contributed by atoms with E-state index in [0.29, 0.717) is 24.9 Å². The number of amides is 1. The van der Waals surface area contributed by atoms with Crippen LogP contribution in [-0.2, 0) is 4.79 Å². The molecule has 1 aromatic carbocycles. The number of phenolic OH excluding ortho intramolecular Hbond substituents is 1. The minimum atomic E-state index is -0.104. The Bertz CT molecular complexity index is 892. The Labute approximate surface area is 218 Å². The smallest absolute Gasteiger partial charge is 0.223 e. The topological polar surface area (TPSA) is 66.4 Å². The summed E-state index contributed by atoms with van der Waals surface area (Å²) < 4.78 is 0. The normalized spacial score (nSPS) is 13.1. The van der Waals surface area contributed by atoms with Gasteiger partial charge in [0, 0.05) is 18.9 Å². The lowest BCUT2D eigenvalue weighted by atomic mass is 9.99. The number of carbonyl (C=O) groups excluding carboxylic acids is 2. The number of hydrogen-bond acceptors (Lipinski definition) is 3. The molecule has 4 heteroatoms. The highest BCUT2D eigenvalue weighted by atomic mass is 16.3. The van der Waals surface area contributed by atoms with Crippen molar-refractivity contribution in [2.45, 2.75) is 78.1 Å². The number of allylic oxidation sites excluding steroid dienone is 10. The zero-order chi connectivity index (χ0) is 26.3. The fourth-order valence-electron chi connectivity index (χ4n) is 3.64. The number of rotatable bonds is 19. The zero-order valence-corrected chi connectivity index (χ0v) is 22.2. The molecule has 0 aliphatic carbocycles. The molecule has 0 radical (unpaired) electrons. The highest BCUT2D eigenvalue weighted by molar-refractivity contribution is 5.98. The fraction of sp³-hybridized carbons (Fsp3) is 0.438. The van der Waals surface area contributed by atoms with Crippen LogP contribution in [0.4, 0.5) is 0 Å². The maximum atomic E-state index is 12.4. The van der Waals surface area contributed by atoms with Gasteiger partial charge in [0.05, 0.1) is 5.56 Å². The van der Waals surface area contributed by atoms with Crippen LogP contribution in [0.15, 0.2) is 85.0 Å². The SMILES string of the molecule is CC/C=C\C/C=C\C/C=C\C/C=C\C/C=C\CCC(CC)C(=O)NCCCC(=O)c1ccccc1O. The molecule has 0 heterocycles. The largest absolute Gasteiger partial charge is 0.507 e. The van der Waals surface area contributed by atoms with Crippen molar-refractivity contribution in [3.05, 3.63) is 90.6 Å². The van der Waals surface area contributed by atoms with Crippen LogP contribution >= 0.6 is 0 Å². The zero-order valence-electron chi connectivity index (χ0n) is 22.2. The minimum absolute atomic E-state index is 0.00706. The summed E-state index contributed by atoms with van der Waals surface area (Å²) in [5, 5.41) is 12.7. The van der Waals surface area contributed by atoms with Gasteiger partial charge in [0.25, 0.3) is 0 Å². The highest BCUT2D eigenvalue weighted by Crippen LogP contribution is 2.18. The van der Waals surface area contributed by atoms with Crippen molar-refractivity contribution < 1.29 is 14.7 Å². The molecule has 2 N–H and O–H groups in total. The minimum Gasteiger partial charge on any atom is -0.507 e. The first-order chi connectivity index (χ1) is 17.6. The number of para-hydroxylation sites is 1. The van der Waals surface area contributed by atoms with Gasteiger partial charge < -0.3 is 10.4 Å². The van der Waals surface area contributed by atoms with E-state index in [1.54, 1.807) is 18.2 Å². The predicted molar refractivity (Wildman–Crippen MR) is 152 cm³/mol. The highest BCUT2D eigenvalue weighted by Gasteiger charge is 2.15. The van der Waals surface area contributed by atoms with E-state index in [2.05, 4.69) is 73.0 Å². The molecule has 1 unspecified atom stereocenters. The van der Waals surface area contributed by atoms with Gasteiger partial charge >= 0.3 is 0 Å². The van der Waals surface area contributed by atoms with Crippen molar-refractivity contribution in [3.8, 4) is 5.75 Å². The van der Waals surface area contributed by atoms with E-state index in [1.807, 2.05) is 6.92 Å². The predicted octanol–water partition coefficient (Wildman–Crippen LogP) is 8.03. The number of benzene rings is 1. The van der Waals surface area contributed by atoms with E-state index in [1.165, 1.54) is 6.07 Å². The molecule has 0 bridgehead atoms. The molecule has 1 atom stereocenters. The molecule has 0 fully saturated rings. The molecule has 0 saturated heterocycles. The average Bonchev–Trinajstić information content (AvgIpc) is 2.88. The van der Waals surface area contributed by atoms with E-state index in [9.17, 15) is 14.7 Å². The molecule has 196 valence electrons. The lowest BCUT2D eigenvalue weighted by molar-refractivity contribution is -0.125. The van der Waals surface area contributed by atoms with Crippen molar-refractivity contribution >= 4 is 11.7 Å². The van der Waals surface area contributed by atoms with Gasteiger partial charge in [-0.2, -0.15) is 0 Å². The van der Waals surface area contributed by atoms with E-state index in [4.69, 9.17) is 0 Å². The quantitative estimate of drug-likeness (QED) is 0.117. The number of phenols is 1. The van der Waals surface area contributed by atoms with Gasteiger partial charge in [-0.1, -0.05) is 86.7 Å². The lowest BCUT2D eigenvalue weighted by Crippen LogP contribution is -2.31. The third kappa shape index (κ3) is 15.0. The van der Waals surface area contributed by atoms with Gasteiger partial charge in [-0.3, -0.25) is 9.59 Å². The first-order valence-electron chi connectivity index (χ1n) is 13.4. The number of hydrogen-bond donors (Lipinski definition) is 2. The van der Waals surface area contributed by atoms with Crippen LogP contribution < -0.4 is 5.32 Å². The summed E-state index contributed by atoms with van der Waals surface area (Å²) in [6.07, 6.45) is 30.2. The average molecular weight is 492 g/mol. The molecular weight excluding hydrogens is 446 g/mol. The summed E-state index contributed by atoms with van der Waals surface area (Å²) in [6, 6.07) is 6.56. The number of aromatic hydroxyl groups is 1. The first kappa shape index (κ1) is 30.9. The number of Topliss-reactive ketones (excluding diaryl/α,β-unsaturated/α-hetero) is 1. The Hall–Kier alpha value is -3.14. The second kappa shape index (κ2) is 21.2. The van der Waals surface area contributed by atoms with Gasteiger partial charge in [0.15, 0.2) is 5.78 Å². The van der Waals surface area contributed by atoms with Gasteiger partial charge in [-0.05, 0) is 69.9 Å². The van der Waals surface area contributed by atoms with Crippen LogP contribution in [0, 0.1) is 5.92 Å². The van der Waals surface area contributed by atoms with Crippen LogP contribution in [0.2, 0.25) is 0 Å². The standard InChI is InChI=1S/C32H45NO3/c1-3-5-6-7-8-9-10-11-12-13-14-15-16-17-18-19-23-28(4-2)32(36)33-27-22-26-31(35)29-24-20-21-25-30(29)34/h5-6,8-9,11-12,14-15,17-18,20-21,24-25,28,34H,3-4,7,10,13,16,19,22-23,26-27H2,1-2H3,(H,33,36)/b6-5-,9-8-,12-11-,15-14-,18-17-. The second-order valence-corrected chi connectivity index (χ2v) is 8.73. The van der Waals surface area contributed by atoms with Gasteiger partial charge in [-0.25, -0.2) is 0 Å². The van der Waals surface area contributed by atoms with Crippen LogP contribution in [0.5, 0.6) is 5.75 Å². The monoisotopic (exact) mass is 491 g/mol. The molecule has 4 nitrogen and oxygen atoms in total. The van der Waals surface area contributed by atoms with Crippen LogP contribution in [0.1, 0.15) is 88.4 Å². The third-order valence-electron chi connectivity index (χ3n) is 5.79. The molecule has 1 amide bonds. The molecule has 0 spiro atoms. The van der Waals surface area contributed by atoms with Crippen LogP contribution in [-0.4, -0.2) is 23.3 Å². The van der Waals surface area contributed by atoms with Gasteiger partial charge in [0.1, 0.15) is 5.75 Å². The third-order valence-corrected chi connectivity index (χ3v) is 5.79. The Balaban J connectivity index is 2.13. The van der Waals surface area contributed by atoms with Crippen molar-refractivity contribution in [1.82, 2.24) is 5.32 Å². The molecule has 1 rings (SSSR count). The maximum absolute atomic E-state index is 12.4. The summed E-state index contributed by atoms with van der Waals surface area (Å²) >= 11 is 0. The van der Waals surface area contributed by atoms with E-state index < -0.39 is 0 Å². The Kier molecular flexibility index (Phi) is 18.2. The molecule has 0 aliphatic rings. The maximum Gasteiger partial charge on any atom is 0.223 e. The van der Waals surface area contributed by atoms with E-state index >= 15 is 0 Å². The first-order valence-corrected chi connectivity index (χ1v) is 13.4. The summed E-state index contributed by atoms with van der Waals surface area (Å²) in [7, 11) is 0. The molecule has 36 heavy (non-hydrogen) atoms. The molecule has 1 aromatic rings. The van der Waals surface area contributed by atoms with E-state index in [0.717, 1.165) is 51.4 Å². The number of nitrogens with one attached hydrogen (secondary N) is 1. The summed E-state index contributed by atoms with van der Waals surface area (Å²) in [6.45, 7) is 4.65. The number of ketones is 1. The molecule has 0 aromatic heterocycles. The van der Waals surface area contributed by atoms with Crippen LogP contribution in [0.25, 0.3) is 0 Å². The lowest BCUT2D eigenvalue weighted by Gasteiger charge is -2.14. The van der Waals surface area contributed by atoms with Crippen molar-refractivity contribution in [2.75, 3.05) is 6.54 Å². The summed E-state index contributed by atoms with van der Waals surface area (Å²) in [5.41, 5.74) is 0.340. The second-order valence-electron chi connectivity index (χ2n) is 8.73. The molecular formula is C32H45NO3.